The van der Waals surface area contributed by atoms with Crippen molar-refractivity contribution in [3.63, 3.8) is 0 Å². The molecule has 0 atom stereocenters. The van der Waals surface area contributed by atoms with Crippen molar-refractivity contribution in [1.82, 2.24) is 20.4 Å². The minimum Gasteiger partial charge on any atom is -1.00 e. The van der Waals surface area contributed by atoms with Crippen molar-refractivity contribution in [1.29, 1.82) is 10.5 Å². The third kappa shape index (κ3) is 28.5. The number of terminal acetylenes is 1. The number of aliphatic imine (C=N–C) groups is 1. The predicted molar refractivity (Wildman–Crippen MR) is 323 cm³/mol. The molecule has 0 bridgehead atoms. The Morgan fingerprint density at radius 2 is 0.927 bits per heavy atom. The maximum atomic E-state index is 9.45. The number of aromatic nitrogens is 4. The number of halogens is 2. The number of phenols is 2. The fourth-order valence-electron chi connectivity index (χ4n) is 5.54. The summed E-state index contributed by atoms with van der Waals surface area (Å²) in [6.45, 7) is 2.20. The second-order valence-electron chi connectivity index (χ2n) is 14.3. The van der Waals surface area contributed by atoms with Gasteiger partial charge < -0.3 is 17.0 Å². The van der Waals surface area contributed by atoms with Gasteiger partial charge in [-0.1, -0.05) is 72.9 Å². The molecule has 0 spiro atoms. The van der Waals surface area contributed by atoms with Gasteiger partial charge in [0.05, 0.1) is 11.4 Å². The molecule has 0 saturated carbocycles. The van der Waals surface area contributed by atoms with Gasteiger partial charge in [-0.05, 0) is 185 Å². The third-order valence-corrected chi connectivity index (χ3v) is 9.34. The number of rotatable bonds is 9. The van der Waals surface area contributed by atoms with E-state index in [9.17, 15) is 20.7 Å². The molecule has 6 aromatic rings. The van der Waals surface area contributed by atoms with E-state index in [4.69, 9.17) is 29.6 Å². The number of H-pyrrole nitrogens is 2. The van der Waals surface area contributed by atoms with Gasteiger partial charge in [-0.15, -0.1) is 6.42 Å². The number of nitrogens with one attached hydrogen (secondary N) is 3. The van der Waals surface area contributed by atoms with Gasteiger partial charge in [0.25, 0.3) is 0 Å². The van der Waals surface area contributed by atoms with E-state index in [1.165, 1.54) is 0 Å². The molecule has 0 aliphatic carbocycles. The summed E-state index contributed by atoms with van der Waals surface area (Å²) in [7, 11) is 0. The maximum Gasteiger partial charge on any atom is 1.00 e. The van der Waals surface area contributed by atoms with Crippen molar-refractivity contribution in [2.75, 3.05) is 5.32 Å². The molecule has 6 rings (SSSR count). The second kappa shape index (κ2) is 42.5. The Labute approximate surface area is 515 Å². The van der Waals surface area contributed by atoms with Crippen LogP contribution in [-0.4, -0.2) is 45.2 Å². The molecule has 0 saturated heterocycles. The van der Waals surface area contributed by atoms with Crippen molar-refractivity contribution in [3.8, 4) is 202 Å². The van der Waals surface area contributed by atoms with Gasteiger partial charge in [0.2, 0.25) is 0 Å². The molecule has 0 aliphatic heterocycles. The first-order chi connectivity index (χ1) is 38.7. The zero-order chi connectivity index (χ0) is 56.4. The van der Waals surface area contributed by atoms with Crippen LogP contribution >= 0.6 is 23.2 Å². The Bertz CT molecular complexity index is 4360. The Balaban J connectivity index is 0.00000120. The van der Waals surface area contributed by atoms with Gasteiger partial charge in [0, 0.05) is 115 Å². The molecule has 2 heterocycles. The summed E-state index contributed by atoms with van der Waals surface area (Å²) < 4.78 is 0. The molecule has 0 fully saturated rings. The van der Waals surface area contributed by atoms with Crippen molar-refractivity contribution in [2.45, 2.75) is 33.7 Å². The van der Waals surface area contributed by atoms with Gasteiger partial charge >= 0.3 is 29.6 Å². The Kier molecular flexibility index (Phi) is 35.5. The van der Waals surface area contributed by atoms with Crippen molar-refractivity contribution >= 4 is 49.5 Å². The number of phenolic OH excluding ortho intramolecular Hbond substituents is 2. The van der Waals surface area contributed by atoms with Gasteiger partial charge in [-0.3, -0.25) is 10.2 Å². The van der Waals surface area contributed by atoms with Gasteiger partial charge in [-0.25, -0.2) is 4.99 Å². The number of hydrogen-bond acceptors (Lipinski definition) is 8. The molecule has 4 aromatic carbocycles. The summed E-state index contributed by atoms with van der Waals surface area (Å²) in [5, 5.41) is 56.0. The van der Waals surface area contributed by atoms with Gasteiger partial charge in [0.1, 0.15) is 34.8 Å². The second-order valence-corrected chi connectivity index (χ2v) is 15.2. The molecule has 14 heteroatoms. The van der Waals surface area contributed by atoms with E-state index in [0.29, 0.717) is 57.9 Å². The largest absolute Gasteiger partial charge is 1.00 e. The minimum atomic E-state index is 0. The third-order valence-electron chi connectivity index (χ3n) is 8.87. The van der Waals surface area contributed by atoms with E-state index in [0.717, 1.165) is 27.9 Å². The van der Waals surface area contributed by atoms with Crippen LogP contribution < -0.4 is 34.9 Å². The summed E-state index contributed by atoms with van der Waals surface area (Å²) >= 11 is 12.0. The van der Waals surface area contributed by atoms with Crippen LogP contribution in [0.25, 0.3) is 0 Å². The van der Waals surface area contributed by atoms with E-state index in [-0.39, 0.29) is 58.3 Å². The SMILES string of the molecule is C.C#CC#CC#CC#CC#CC#CC#CC#CC#CC#CC#CC#CC#CC#CC#CC.N#Cc1c(N=Cc2ccc(O)cc2)n[nH]c1Cc1cccc(Cl)c1.N#Cc1c(NCc2ccc(O)cc2)n[nH]c1Cc1cccc(Cl)c1.[B].[H-].[Na+]. The first-order valence-electron chi connectivity index (χ1n) is 22.4. The maximum absolute atomic E-state index is 9.45. The first-order valence-corrected chi connectivity index (χ1v) is 23.1. The standard InChI is InChI=1S/C31H4.C18H15ClN4O.C18H13ClN4O.CH4.B.Na.H/c1-3-5-7-9-11-13-15-17-19-21-23-25-27-29-31-30-28-26-24-22-20-18-16-14-12-10-8-6-4-2;2*19-14-3-1-2-13(8-14)9-17-16(10-20)18(23-22-17)21-11-12-4-6-15(24)7-5-12;;;;/h1H,2H3;1-8,24H,9,11H2,(H2,21,22,23);1-8,11,24H,9H2,(H,22,23);1H4;;;/q;;;;;+1;-1. The number of benzene rings is 4. The molecular formula is C68H37BCl2N8NaO2. The van der Waals surface area contributed by atoms with Crippen molar-refractivity contribution in [2.24, 2.45) is 4.99 Å². The average molecular weight is 1100 g/mol. The van der Waals surface area contributed by atoms with Crippen LogP contribution in [0.3, 0.4) is 0 Å². The molecule has 379 valence electrons. The van der Waals surface area contributed by atoms with Crippen molar-refractivity contribution in [3.05, 3.63) is 152 Å². The smallest absolute Gasteiger partial charge is 1.00 e. The van der Waals surface area contributed by atoms with E-state index >= 15 is 0 Å². The van der Waals surface area contributed by atoms with Crippen LogP contribution in [0.5, 0.6) is 11.5 Å². The van der Waals surface area contributed by atoms with E-state index in [1.807, 2.05) is 54.6 Å². The summed E-state index contributed by atoms with van der Waals surface area (Å²) in [5.74, 6) is 73.2. The van der Waals surface area contributed by atoms with E-state index in [1.54, 1.807) is 55.6 Å². The number of aromatic hydroxyl groups is 2. The summed E-state index contributed by atoms with van der Waals surface area (Å²) in [6.07, 6.45) is 7.59. The van der Waals surface area contributed by atoms with Gasteiger partial charge in [-0.2, -0.15) is 20.7 Å². The molecule has 0 aliphatic rings. The topological polar surface area (TPSA) is 170 Å². The molecular weight excluding hydrogens is 1070 g/mol. The predicted octanol–water partition coefficient (Wildman–Crippen LogP) is 5.88. The normalized spacial score (nSPS) is 7.66. The van der Waals surface area contributed by atoms with E-state index < -0.39 is 0 Å². The van der Waals surface area contributed by atoms with E-state index in [2.05, 4.69) is 215 Å². The molecule has 10 nitrogen and oxygen atoms in total. The quantitative estimate of drug-likeness (QED) is 0.0684. The summed E-state index contributed by atoms with van der Waals surface area (Å²) in [5.41, 5.74) is 6.11. The Morgan fingerprint density at radius 3 is 1.32 bits per heavy atom. The molecule has 2 aromatic heterocycles. The zero-order valence-corrected chi connectivity index (χ0v) is 46.5. The minimum absolute atomic E-state index is 0. The van der Waals surface area contributed by atoms with Crippen molar-refractivity contribution < 1.29 is 41.2 Å². The molecule has 0 amide bonds. The molecule has 0 unspecified atom stereocenters. The molecule has 5 N–H and O–H groups in total. The van der Waals surface area contributed by atoms with Crippen LogP contribution in [0.4, 0.5) is 11.6 Å². The average Bonchev–Trinajstić information content (AvgIpc) is 4.22. The molecule has 82 heavy (non-hydrogen) atoms. The fourth-order valence-corrected chi connectivity index (χ4v) is 5.96. The van der Waals surface area contributed by atoms with Crippen LogP contribution in [0.2, 0.25) is 10.0 Å². The summed E-state index contributed by atoms with van der Waals surface area (Å²) in [4.78, 5) is 4.26. The monoisotopic (exact) mass is 1100 g/mol. The number of hydrogen-bond donors (Lipinski definition) is 5. The fraction of sp³-hybridized carbons (Fsp3) is 0.0735. The van der Waals surface area contributed by atoms with Gasteiger partial charge in [0.15, 0.2) is 11.6 Å². The summed E-state index contributed by atoms with van der Waals surface area (Å²) in [6, 6.07) is 32.8. The Morgan fingerprint density at radius 1 is 0.549 bits per heavy atom. The number of nitriles is 2. The number of anilines is 1. The van der Waals surface area contributed by atoms with Crippen LogP contribution in [-0.2, 0) is 19.4 Å². The van der Waals surface area contributed by atoms with Crippen LogP contribution in [0.15, 0.2) is 102 Å². The first kappa shape index (κ1) is 68.4. The number of aromatic amines is 2. The molecule has 3 radical (unpaired) electrons. The number of nitrogens with zero attached hydrogens (tertiary/aromatic N) is 5. The Hall–Kier alpha value is -11.6. The van der Waals surface area contributed by atoms with Crippen LogP contribution in [0.1, 0.15) is 60.5 Å². The van der Waals surface area contributed by atoms with Crippen LogP contribution in [0, 0.1) is 201 Å². The zero-order valence-electron chi connectivity index (χ0n) is 44.0.